The van der Waals surface area contributed by atoms with E-state index in [0.717, 1.165) is 0 Å². The van der Waals surface area contributed by atoms with E-state index in [9.17, 15) is 0 Å². The number of rotatable bonds is 9. The van der Waals surface area contributed by atoms with E-state index in [4.69, 9.17) is 13.3 Å². The molecular weight excluding hydrogens is 295 g/mol. The van der Waals surface area contributed by atoms with E-state index in [0.29, 0.717) is 0 Å². The predicted octanol–water partition coefficient (Wildman–Crippen LogP) is 1.71. The summed E-state index contributed by atoms with van der Waals surface area (Å²) < 4.78 is 24.1. The van der Waals surface area contributed by atoms with Gasteiger partial charge in [-0.2, -0.15) is 0 Å². The molecule has 0 saturated heterocycles. The molecule has 1 aromatic carbocycles. The van der Waals surface area contributed by atoms with Crippen LogP contribution in [0.1, 0.15) is 63.9 Å². The molecule has 0 saturated carbocycles. The Labute approximate surface area is 154 Å². The second-order valence-electron chi connectivity index (χ2n) is 4.93. The van der Waals surface area contributed by atoms with Crippen molar-refractivity contribution in [2.45, 2.75) is 64.7 Å². The summed E-state index contributed by atoms with van der Waals surface area (Å²) >= 11 is -2.86. The van der Waals surface area contributed by atoms with Crippen LogP contribution in [0.15, 0.2) is 30.3 Å². The Morgan fingerprint density at radius 2 is 1.38 bits per heavy atom. The predicted molar refractivity (Wildman–Crippen MR) is 84.3 cm³/mol. The summed E-state index contributed by atoms with van der Waals surface area (Å²) in [6.07, 6.45) is 12.5. The Bertz CT molecular complexity index is 330. The van der Waals surface area contributed by atoms with Gasteiger partial charge in [0.2, 0.25) is 0 Å². The molecular formula is C16H27NaO3S. The molecule has 0 bridgehead atoms. The van der Waals surface area contributed by atoms with E-state index in [-0.39, 0.29) is 29.6 Å². The van der Waals surface area contributed by atoms with E-state index in [1.165, 1.54) is 63.4 Å². The molecule has 116 valence electrons. The first kappa shape index (κ1) is 23.6. The maximum atomic E-state index is 8.56. The Kier molecular flexibility index (Phi) is 20.6. The molecule has 1 N–H and O–H groups in total. The van der Waals surface area contributed by atoms with E-state index < -0.39 is 11.4 Å². The van der Waals surface area contributed by atoms with E-state index in [2.05, 4.69) is 37.3 Å². The zero-order chi connectivity index (χ0) is 15.1. The van der Waals surface area contributed by atoms with Gasteiger partial charge in [-0.05, 0) is 18.4 Å². The van der Waals surface area contributed by atoms with Crippen molar-refractivity contribution >= 4 is 11.4 Å². The summed E-state index contributed by atoms with van der Waals surface area (Å²) in [4.78, 5) is 0. The molecule has 5 heteroatoms. The van der Waals surface area contributed by atoms with Crippen molar-refractivity contribution in [1.29, 1.82) is 0 Å². The van der Waals surface area contributed by atoms with Crippen molar-refractivity contribution in [3.05, 3.63) is 35.9 Å². The molecule has 1 aromatic rings. The molecule has 0 aliphatic heterocycles. The molecule has 21 heavy (non-hydrogen) atoms. The topological polar surface area (TPSA) is 60.4 Å². The second-order valence-corrected chi connectivity index (χ2v) is 5.36. The number of unbranched alkanes of at least 4 members (excludes halogenated alkanes) is 7. The molecule has 0 radical (unpaired) electrons. The van der Waals surface area contributed by atoms with Crippen LogP contribution in [-0.2, 0) is 17.8 Å². The van der Waals surface area contributed by atoms with Gasteiger partial charge in [-0.1, -0.05) is 82.2 Å². The van der Waals surface area contributed by atoms with Crippen LogP contribution in [0, 0.1) is 0 Å². The minimum absolute atomic E-state index is 0. The van der Waals surface area contributed by atoms with Crippen LogP contribution >= 0.6 is 0 Å². The zero-order valence-corrected chi connectivity index (χ0v) is 16.2. The summed E-state index contributed by atoms with van der Waals surface area (Å²) in [7, 11) is 0. The monoisotopic (exact) mass is 322 g/mol. The number of benzene rings is 1. The largest absolute Gasteiger partial charge is 1.00 e. The molecule has 0 heterocycles. The Morgan fingerprint density at radius 1 is 0.952 bits per heavy atom. The van der Waals surface area contributed by atoms with Gasteiger partial charge in [0.25, 0.3) is 0 Å². The average molecular weight is 322 g/mol. The third-order valence-corrected chi connectivity index (χ3v) is 3.16. The summed E-state index contributed by atoms with van der Waals surface area (Å²) in [5.74, 6) is 0. The quantitative estimate of drug-likeness (QED) is 0.428. The smallest absolute Gasteiger partial charge is 0.750 e. The van der Waals surface area contributed by atoms with Gasteiger partial charge in [0.15, 0.2) is 0 Å². The summed E-state index contributed by atoms with van der Waals surface area (Å²) in [6, 6.07) is 10.8. The average Bonchev–Trinajstić information content (AvgIpc) is 2.42. The van der Waals surface area contributed by atoms with Crippen molar-refractivity contribution in [3.8, 4) is 0 Å². The zero-order valence-electron chi connectivity index (χ0n) is 13.4. The molecule has 0 aliphatic rings. The van der Waals surface area contributed by atoms with Gasteiger partial charge < -0.3 is 9.11 Å². The third-order valence-electron chi connectivity index (χ3n) is 3.16. The maximum absolute atomic E-state index is 8.56. The van der Waals surface area contributed by atoms with E-state index in [1.807, 2.05) is 0 Å². The molecule has 0 aromatic heterocycles. The first-order chi connectivity index (χ1) is 9.66. The fourth-order valence-electron chi connectivity index (χ4n) is 2.11. The first-order valence-corrected chi connectivity index (χ1v) is 8.52. The number of hydrogen-bond donors (Lipinski definition) is 1. The molecule has 1 atom stereocenters. The van der Waals surface area contributed by atoms with Crippen molar-refractivity contribution < 1.29 is 42.9 Å². The summed E-state index contributed by atoms with van der Waals surface area (Å²) in [5, 5.41) is 0. The van der Waals surface area contributed by atoms with Gasteiger partial charge in [0.05, 0.1) is 11.4 Å². The Morgan fingerprint density at radius 3 is 1.86 bits per heavy atom. The SMILES string of the molecule is CCCCCCCCCCc1ccccc1.O=S([O-])O.[Na+]. The molecule has 1 unspecified atom stereocenters. The van der Waals surface area contributed by atoms with Gasteiger partial charge in [0.1, 0.15) is 0 Å². The normalized spacial score (nSPS) is 11.0. The molecule has 0 amide bonds. The molecule has 1 rings (SSSR count). The molecule has 3 nitrogen and oxygen atoms in total. The molecule has 0 fully saturated rings. The number of aryl methyl sites for hydroxylation is 1. The van der Waals surface area contributed by atoms with Gasteiger partial charge in [-0.15, -0.1) is 0 Å². The van der Waals surface area contributed by atoms with Crippen LogP contribution in [0.2, 0.25) is 0 Å². The van der Waals surface area contributed by atoms with Gasteiger partial charge in [-0.25, -0.2) is 4.21 Å². The summed E-state index contributed by atoms with van der Waals surface area (Å²) in [5.41, 5.74) is 1.49. The van der Waals surface area contributed by atoms with Crippen LogP contribution in [0.4, 0.5) is 0 Å². The third kappa shape index (κ3) is 20.3. The van der Waals surface area contributed by atoms with E-state index >= 15 is 0 Å². The van der Waals surface area contributed by atoms with Crippen molar-refractivity contribution in [3.63, 3.8) is 0 Å². The fraction of sp³-hybridized carbons (Fsp3) is 0.625. The Balaban J connectivity index is 0. The minimum Gasteiger partial charge on any atom is -0.750 e. The van der Waals surface area contributed by atoms with Crippen LogP contribution in [0.25, 0.3) is 0 Å². The van der Waals surface area contributed by atoms with Crippen LogP contribution in [0.5, 0.6) is 0 Å². The van der Waals surface area contributed by atoms with Crippen LogP contribution in [-0.4, -0.2) is 13.3 Å². The van der Waals surface area contributed by atoms with Crippen molar-refractivity contribution in [2.24, 2.45) is 0 Å². The van der Waals surface area contributed by atoms with Gasteiger partial charge >= 0.3 is 29.6 Å². The first-order valence-electron chi connectivity index (χ1n) is 7.49. The fourth-order valence-corrected chi connectivity index (χ4v) is 2.11. The van der Waals surface area contributed by atoms with Crippen LogP contribution < -0.4 is 29.6 Å². The maximum Gasteiger partial charge on any atom is 1.00 e. The van der Waals surface area contributed by atoms with Crippen molar-refractivity contribution in [2.75, 3.05) is 0 Å². The minimum atomic E-state index is -2.86. The molecule has 0 spiro atoms. The molecule has 0 aliphatic carbocycles. The summed E-state index contributed by atoms with van der Waals surface area (Å²) in [6.45, 7) is 2.28. The standard InChI is InChI=1S/C16H26.Na.H2O3S/c1-2-3-4-5-6-7-8-10-13-16-14-11-9-12-15-16;;1-4(2)3/h9,11-12,14-15H,2-8,10,13H2,1H3;;(H2,1,2,3)/q;+1;/p-1. The second kappa shape index (κ2) is 18.3. The van der Waals surface area contributed by atoms with Crippen molar-refractivity contribution in [1.82, 2.24) is 0 Å². The van der Waals surface area contributed by atoms with Gasteiger partial charge in [-0.3, -0.25) is 0 Å². The van der Waals surface area contributed by atoms with Gasteiger partial charge in [0, 0.05) is 0 Å². The number of hydrogen-bond acceptors (Lipinski definition) is 2. The van der Waals surface area contributed by atoms with E-state index in [1.54, 1.807) is 0 Å². The van der Waals surface area contributed by atoms with Crippen LogP contribution in [0.3, 0.4) is 0 Å². The Hall–Kier alpha value is 0.290.